The molecule has 1 fully saturated rings. The van der Waals surface area contributed by atoms with Gasteiger partial charge in [0.15, 0.2) is 6.10 Å². The van der Waals surface area contributed by atoms with Crippen molar-refractivity contribution in [2.45, 2.75) is 84.8 Å². The SMILES string of the molecule is C#CC(C)OC(=O)CCCC(=O)OC1CCCCC1C(C)(C)C. The van der Waals surface area contributed by atoms with Crippen LogP contribution in [0.5, 0.6) is 0 Å². The van der Waals surface area contributed by atoms with Crippen molar-refractivity contribution in [1.82, 2.24) is 0 Å². The second kappa shape index (κ2) is 8.96. The van der Waals surface area contributed by atoms with Crippen LogP contribution in [0, 0.1) is 23.7 Å². The van der Waals surface area contributed by atoms with Gasteiger partial charge in [0.05, 0.1) is 0 Å². The third-order valence-corrected chi connectivity index (χ3v) is 4.40. The molecule has 0 N–H and O–H groups in total. The maximum atomic E-state index is 12.0. The maximum absolute atomic E-state index is 12.0. The molecule has 0 heterocycles. The van der Waals surface area contributed by atoms with E-state index < -0.39 is 6.10 Å². The molecule has 1 aliphatic rings. The molecule has 0 radical (unpaired) electrons. The molecule has 3 unspecified atom stereocenters. The summed E-state index contributed by atoms with van der Waals surface area (Å²) in [6.45, 7) is 8.24. The standard InChI is InChI=1S/C19H30O4/c1-6-14(2)22-17(20)12-9-13-18(21)23-16-11-8-7-10-15(16)19(3,4)5/h1,14-16H,7-13H2,2-5H3. The van der Waals surface area contributed by atoms with Gasteiger partial charge in [-0.05, 0) is 38.0 Å². The number of ether oxygens (including phenoxy) is 2. The van der Waals surface area contributed by atoms with Crippen LogP contribution < -0.4 is 0 Å². The maximum Gasteiger partial charge on any atom is 0.307 e. The fourth-order valence-corrected chi connectivity index (χ4v) is 3.12. The first-order valence-corrected chi connectivity index (χ1v) is 8.59. The minimum absolute atomic E-state index is 0.00432. The van der Waals surface area contributed by atoms with Gasteiger partial charge in [-0.1, -0.05) is 33.1 Å². The summed E-state index contributed by atoms with van der Waals surface area (Å²) in [7, 11) is 0. The fraction of sp³-hybridized carbons (Fsp3) is 0.789. The molecule has 4 nitrogen and oxygen atoms in total. The van der Waals surface area contributed by atoms with E-state index in [1.807, 2.05) is 0 Å². The van der Waals surface area contributed by atoms with Crippen molar-refractivity contribution in [2.24, 2.45) is 11.3 Å². The molecular weight excluding hydrogens is 292 g/mol. The quantitative estimate of drug-likeness (QED) is 0.550. The van der Waals surface area contributed by atoms with E-state index in [-0.39, 0.29) is 36.3 Å². The van der Waals surface area contributed by atoms with Crippen molar-refractivity contribution in [2.75, 3.05) is 0 Å². The number of carbonyl (C=O) groups is 2. The second-order valence-electron chi connectivity index (χ2n) is 7.44. The van der Waals surface area contributed by atoms with Crippen molar-refractivity contribution >= 4 is 11.9 Å². The lowest BCUT2D eigenvalue weighted by atomic mass is 9.70. The molecule has 1 rings (SSSR count). The minimum atomic E-state index is -0.524. The average Bonchev–Trinajstić information content (AvgIpc) is 2.46. The van der Waals surface area contributed by atoms with Crippen LogP contribution in [0.1, 0.15) is 72.6 Å². The Morgan fingerprint density at radius 3 is 2.39 bits per heavy atom. The van der Waals surface area contributed by atoms with Gasteiger partial charge in [-0.25, -0.2) is 0 Å². The number of esters is 2. The van der Waals surface area contributed by atoms with E-state index in [0.717, 1.165) is 19.3 Å². The molecule has 3 atom stereocenters. The summed E-state index contributed by atoms with van der Waals surface area (Å²) in [6, 6.07) is 0. The molecule has 1 saturated carbocycles. The van der Waals surface area contributed by atoms with Crippen LogP contribution in [0.2, 0.25) is 0 Å². The zero-order chi connectivity index (χ0) is 17.5. The number of terminal acetylenes is 1. The first kappa shape index (κ1) is 19.5. The summed E-state index contributed by atoms with van der Waals surface area (Å²) >= 11 is 0. The molecule has 0 aromatic heterocycles. The molecule has 4 heteroatoms. The normalized spacial score (nSPS) is 22.7. The lowest BCUT2D eigenvalue weighted by Crippen LogP contribution is -2.38. The molecule has 0 aliphatic heterocycles. The Bertz CT molecular complexity index is 441. The zero-order valence-electron chi connectivity index (χ0n) is 14.9. The third kappa shape index (κ3) is 7.07. The lowest BCUT2D eigenvalue weighted by Gasteiger charge is -2.39. The Morgan fingerprint density at radius 2 is 1.78 bits per heavy atom. The minimum Gasteiger partial charge on any atom is -0.462 e. The molecule has 0 bridgehead atoms. The highest BCUT2D eigenvalue weighted by atomic mass is 16.5. The monoisotopic (exact) mass is 322 g/mol. The molecule has 0 aromatic rings. The van der Waals surface area contributed by atoms with Crippen molar-refractivity contribution in [3.8, 4) is 12.3 Å². The van der Waals surface area contributed by atoms with Crippen LogP contribution in [-0.4, -0.2) is 24.1 Å². The number of hydrogen-bond donors (Lipinski definition) is 0. The molecular formula is C19H30O4. The Hall–Kier alpha value is -1.50. The predicted molar refractivity (Wildman–Crippen MR) is 89.5 cm³/mol. The van der Waals surface area contributed by atoms with Crippen molar-refractivity contribution in [1.29, 1.82) is 0 Å². The molecule has 0 saturated heterocycles. The highest BCUT2D eigenvalue weighted by Gasteiger charge is 2.36. The molecule has 1 aliphatic carbocycles. The van der Waals surface area contributed by atoms with Gasteiger partial charge in [0.1, 0.15) is 6.10 Å². The van der Waals surface area contributed by atoms with Crippen LogP contribution in [-0.2, 0) is 19.1 Å². The molecule has 0 amide bonds. The van der Waals surface area contributed by atoms with E-state index in [9.17, 15) is 9.59 Å². The second-order valence-corrected chi connectivity index (χ2v) is 7.44. The predicted octanol–water partition coefficient (Wildman–Crippen LogP) is 3.87. The Balaban J connectivity index is 2.35. The van der Waals surface area contributed by atoms with E-state index in [4.69, 9.17) is 15.9 Å². The molecule has 23 heavy (non-hydrogen) atoms. The Kier molecular flexibility index (Phi) is 7.61. The van der Waals surface area contributed by atoms with E-state index in [1.54, 1.807) is 6.92 Å². The van der Waals surface area contributed by atoms with E-state index in [1.165, 1.54) is 6.42 Å². The number of hydrogen-bond acceptors (Lipinski definition) is 4. The first-order valence-electron chi connectivity index (χ1n) is 8.59. The van der Waals surface area contributed by atoms with E-state index in [2.05, 4.69) is 26.7 Å². The smallest absolute Gasteiger partial charge is 0.307 e. The highest BCUT2D eigenvalue weighted by Crippen LogP contribution is 2.39. The lowest BCUT2D eigenvalue weighted by molar-refractivity contribution is -0.157. The number of carbonyl (C=O) groups excluding carboxylic acids is 2. The van der Waals surface area contributed by atoms with Crippen molar-refractivity contribution in [3.05, 3.63) is 0 Å². The summed E-state index contributed by atoms with van der Waals surface area (Å²) in [5, 5.41) is 0. The third-order valence-electron chi connectivity index (χ3n) is 4.40. The number of rotatable bonds is 6. The Morgan fingerprint density at radius 1 is 1.17 bits per heavy atom. The van der Waals surface area contributed by atoms with Crippen molar-refractivity contribution < 1.29 is 19.1 Å². The van der Waals surface area contributed by atoms with Crippen LogP contribution in [0.15, 0.2) is 0 Å². The summed E-state index contributed by atoms with van der Waals surface area (Å²) in [4.78, 5) is 23.5. The average molecular weight is 322 g/mol. The summed E-state index contributed by atoms with van der Waals surface area (Å²) < 4.78 is 10.7. The van der Waals surface area contributed by atoms with Crippen LogP contribution in [0.4, 0.5) is 0 Å². The van der Waals surface area contributed by atoms with Gasteiger partial charge >= 0.3 is 11.9 Å². The molecule has 130 valence electrons. The fourth-order valence-electron chi connectivity index (χ4n) is 3.12. The molecule has 0 aromatic carbocycles. The van der Waals surface area contributed by atoms with Crippen molar-refractivity contribution in [3.63, 3.8) is 0 Å². The molecule has 0 spiro atoms. The summed E-state index contributed by atoms with van der Waals surface area (Å²) in [6.07, 6.45) is 9.86. The van der Waals surface area contributed by atoms with E-state index >= 15 is 0 Å². The Labute approximate surface area is 140 Å². The van der Waals surface area contributed by atoms with Gasteiger partial charge < -0.3 is 9.47 Å². The van der Waals surface area contributed by atoms with Gasteiger partial charge in [0.2, 0.25) is 0 Å². The highest BCUT2D eigenvalue weighted by molar-refractivity contribution is 5.72. The topological polar surface area (TPSA) is 52.6 Å². The van der Waals surface area contributed by atoms with Crippen LogP contribution in [0.25, 0.3) is 0 Å². The zero-order valence-corrected chi connectivity index (χ0v) is 14.9. The largest absolute Gasteiger partial charge is 0.462 e. The van der Waals surface area contributed by atoms with E-state index in [0.29, 0.717) is 12.3 Å². The van der Waals surface area contributed by atoms with Crippen LogP contribution >= 0.6 is 0 Å². The van der Waals surface area contributed by atoms with Gasteiger partial charge in [-0.15, -0.1) is 6.42 Å². The first-order chi connectivity index (χ1) is 10.7. The van der Waals surface area contributed by atoms with Crippen LogP contribution in [0.3, 0.4) is 0 Å². The van der Waals surface area contributed by atoms with Gasteiger partial charge in [0.25, 0.3) is 0 Å². The summed E-state index contributed by atoms with van der Waals surface area (Å²) in [5.74, 6) is 2.15. The van der Waals surface area contributed by atoms with Gasteiger partial charge in [-0.3, -0.25) is 9.59 Å². The van der Waals surface area contributed by atoms with Gasteiger partial charge in [0, 0.05) is 18.8 Å². The summed E-state index contributed by atoms with van der Waals surface area (Å²) in [5.41, 5.74) is 0.139. The van der Waals surface area contributed by atoms with Gasteiger partial charge in [-0.2, -0.15) is 0 Å².